The minimum Gasteiger partial charge on any atom is -0.379 e. The molecule has 0 spiro atoms. The van der Waals surface area contributed by atoms with Crippen molar-refractivity contribution in [3.8, 4) is 11.3 Å². The normalized spacial score (nSPS) is 14.2. The summed E-state index contributed by atoms with van der Waals surface area (Å²) < 4.78 is 21.6. The van der Waals surface area contributed by atoms with Gasteiger partial charge in [0.25, 0.3) is 0 Å². The van der Waals surface area contributed by atoms with Gasteiger partial charge in [-0.15, -0.1) is 10.2 Å². The highest BCUT2D eigenvalue weighted by Gasteiger charge is 2.14. The van der Waals surface area contributed by atoms with Crippen LogP contribution < -0.4 is 10.6 Å². The molecule has 2 amide bonds. The first-order chi connectivity index (χ1) is 18.6. The Labute approximate surface area is 225 Å². The summed E-state index contributed by atoms with van der Waals surface area (Å²) in [6.45, 7) is 4.58. The molecule has 1 aliphatic heterocycles. The summed E-state index contributed by atoms with van der Waals surface area (Å²) in [6.07, 6.45) is 0. The molecule has 1 fully saturated rings. The van der Waals surface area contributed by atoms with Crippen LogP contribution in [0.15, 0.2) is 64.6 Å². The number of aromatic nitrogens is 5. The minimum absolute atomic E-state index is 0.276. The Hall–Kier alpha value is -3.65. The second-order valence-corrected chi connectivity index (χ2v) is 10.6. The summed E-state index contributed by atoms with van der Waals surface area (Å²) in [5.74, 6) is -0.319. The summed E-state index contributed by atoms with van der Waals surface area (Å²) >= 11 is 2.81. The van der Waals surface area contributed by atoms with Gasteiger partial charge in [0.15, 0.2) is 10.8 Å². The van der Waals surface area contributed by atoms with Gasteiger partial charge in [0.1, 0.15) is 5.82 Å². The van der Waals surface area contributed by atoms with Crippen LogP contribution >= 0.6 is 23.1 Å². The van der Waals surface area contributed by atoms with Gasteiger partial charge in [-0.3, -0.25) is 10.2 Å². The maximum Gasteiger partial charge on any atom is 0.321 e. The van der Waals surface area contributed by atoms with Crippen molar-refractivity contribution in [3.05, 3.63) is 60.4 Å². The van der Waals surface area contributed by atoms with Crippen LogP contribution in [-0.4, -0.2) is 75.1 Å². The summed E-state index contributed by atoms with van der Waals surface area (Å²) in [5, 5.41) is 19.9. The number of morpholine rings is 1. The van der Waals surface area contributed by atoms with Crippen molar-refractivity contribution in [1.82, 2.24) is 35.0 Å². The first kappa shape index (κ1) is 24.7. The van der Waals surface area contributed by atoms with Crippen molar-refractivity contribution in [2.75, 3.05) is 44.7 Å². The van der Waals surface area contributed by atoms with Crippen LogP contribution in [0.4, 0.5) is 14.3 Å². The Bertz CT molecular complexity index is 1600. The molecule has 0 bridgehead atoms. The zero-order valence-corrected chi connectivity index (χ0v) is 21.8. The molecule has 194 valence electrons. The third-order valence-electron chi connectivity index (χ3n) is 5.96. The number of halogens is 1. The molecule has 13 heteroatoms. The predicted octanol–water partition coefficient (Wildman–Crippen LogP) is 4.15. The molecular formula is C25H23FN8O2S2. The van der Waals surface area contributed by atoms with Crippen molar-refractivity contribution in [1.29, 1.82) is 0 Å². The lowest BCUT2D eigenvalue weighted by molar-refractivity contribution is 0.0388. The Morgan fingerprint density at radius 2 is 2.00 bits per heavy atom. The van der Waals surface area contributed by atoms with E-state index in [-0.39, 0.29) is 11.8 Å². The van der Waals surface area contributed by atoms with Crippen LogP contribution in [0.1, 0.15) is 0 Å². The first-order valence-corrected chi connectivity index (χ1v) is 13.7. The monoisotopic (exact) mass is 550 g/mol. The Kier molecular flexibility index (Phi) is 7.14. The third kappa shape index (κ3) is 5.60. The highest BCUT2D eigenvalue weighted by Crippen LogP contribution is 2.33. The molecule has 0 unspecified atom stereocenters. The quantitative estimate of drug-likeness (QED) is 0.311. The minimum atomic E-state index is -0.319. The molecule has 1 saturated heterocycles. The van der Waals surface area contributed by atoms with Crippen molar-refractivity contribution in [3.63, 3.8) is 0 Å². The molecule has 2 N–H and O–H groups in total. The number of thiazole rings is 1. The number of rotatable bonds is 7. The van der Waals surface area contributed by atoms with Gasteiger partial charge in [0.2, 0.25) is 5.16 Å². The fourth-order valence-electron chi connectivity index (χ4n) is 4.06. The van der Waals surface area contributed by atoms with Crippen LogP contribution in [0.3, 0.4) is 0 Å². The largest absolute Gasteiger partial charge is 0.379 e. The van der Waals surface area contributed by atoms with Crippen molar-refractivity contribution in [2.45, 2.75) is 10.1 Å². The first-order valence-electron chi connectivity index (χ1n) is 12.0. The van der Waals surface area contributed by atoms with Crippen LogP contribution in [0, 0.1) is 5.82 Å². The van der Waals surface area contributed by atoms with E-state index >= 15 is 0 Å². The van der Waals surface area contributed by atoms with E-state index in [1.807, 2.05) is 24.3 Å². The number of anilines is 1. The highest BCUT2D eigenvalue weighted by molar-refractivity contribution is 7.99. The van der Waals surface area contributed by atoms with Gasteiger partial charge < -0.3 is 10.1 Å². The Morgan fingerprint density at radius 1 is 1.11 bits per heavy atom. The van der Waals surface area contributed by atoms with E-state index in [4.69, 9.17) is 4.74 Å². The molecule has 0 aliphatic carbocycles. The summed E-state index contributed by atoms with van der Waals surface area (Å²) in [5.41, 5.74) is 2.68. The Balaban J connectivity index is 1.13. The molecule has 0 atom stereocenters. The molecule has 0 radical (unpaired) electrons. The molecule has 2 aromatic carbocycles. The van der Waals surface area contributed by atoms with E-state index in [2.05, 4.69) is 35.8 Å². The lowest BCUT2D eigenvalue weighted by atomic mass is 10.1. The van der Waals surface area contributed by atoms with Gasteiger partial charge >= 0.3 is 6.03 Å². The second-order valence-electron chi connectivity index (χ2n) is 8.57. The number of fused-ring (bicyclic) bond motifs is 2. The number of hydrogen-bond acceptors (Lipinski definition) is 9. The molecule has 3 aromatic heterocycles. The zero-order chi connectivity index (χ0) is 25.9. The summed E-state index contributed by atoms with van der Waals surface area (Å²) in [6, 6.07) is 15.5. The van der Waals surface area contributed by atoms with Crippen LogP contribution in [0.2, 0.25) is 0 Å². The number of hydrogen-bond donors (Lipinski definition) is 2. The van der Waals surface area contributed by atoms with Crippen molar-refractivity contribution >= 4 is 50.1 Å². The van der Waals surface area contributed by atoms with Crippen molar-refractivity contribution in [2.24, 2.45) is 0 Å². The molecule has 38 heavy (non-hydrogen) atoms. The fourth-order valence-corrected chi connectivity index (χ4v) is 5.86. The lowest BCUT2D eigenvalue weighted by Crippen LogP contribution is -2.42. The topological polar surface area (TPSA) is 110 Å². The van der Waals surface area contributed by atoms with Crippen LogP contribution in [-0.2, 0) is 4.74 Å². The Morgan fingerprint density at radius 3 is 2.87 bits per heavy atom. The van der Waals surface area contributed by atoms with E-state index in [9.17, 15) is 9.18 Å². The van der Waals surface area contributed by atoms with E-state index in [0.29, 0.717) is 33.7 Å². The molecular weight excluding hydrogens is 527 g/mol. The number of carbonyl (C=O) groups is 1. The fraction of sp³-hybridized carbons (Fsp3) is 0.240. The van der Waals surface area contributed by atoms with Gasteiger partial charge in [-0.1, -0.05) is 23.5 Å². The van der Waals surface area contributed by atoms with Gasteiger partial charge in [-0.2, -0.15) is 9.61 Å². The smallest absolute Gasteiger partial charge is 0.321 e. The molecule has 4 heterocycles. The maximum atomic E-state index is 13.7. The summed E-state index contributed by atoms with van der Waals surface area (Å²) in [4.78, 5) is 20.0. The molecule has 10 nitrogen and oxygen atoms in total. The average molecular weight is 551 g/mol. The van der Waals surface area contributed by atoms with Gasteiger partial charge in [0.05, 0.1) is 29.1 Å². The number of benzene rings is 2. The molecule has 5 aromatic rings. The van der Waals surface area contributed by atoms with E-state index in [1.54, 1.807) is 22.7 Å². The van der Waals surface area contributed by atoms with Gasteiger partial charge in [0, 0.05) is 36.6 Å². The van der Waals surface area contributed by atoms with Crippen LogP contribution in [0.25, 0.3) is 27.1 Å². The van der Waals surface area contributed by atoms with E-state index in [1.165, 1.54) is 35.2 Å². The predicted molar refractivity (Wildman–Crippen MR) is 144 cm³/mol. The molecule has 1 aliphatic rings. The number of amides is 2. The standard InChI is InChI=1S/C25H23FN8O2S2/c26-17-3-1-2-16(14-17)19-6-7-22-30-31-25(34(22)32-19)37-18-4-5-20-21(15-18)38-24(28-20)29-23(35)27-8-9-33-10-12-36-13-11-33/h1-7,14-15H,8-13H2,(H2,27,28,29,35). The third-order valence-corrected chi connectivity index (χ3v) is 7.82. The molecule has 0 saturated carbocycles. The van der Waals surface area contributed by atoms with E-state index < -0.39 is 0 Å². The molecule has 6 rings (SSSR count). The zero-order valence-electron chi connectivity index (χ0n) is 20.1. The van der Waals surface area contributed by atoms with Gasteiger partial charge in [-0.25, -0.2) is 14.2 Å². The lowest BCUT2D eigenvalue weighted by Gasteiger charge is -2.26. The number of ether oxygens (including phenoxy) is 1. The second kappa shape index (κ2) is 11.0. The maximum absolute atomic E-state index is 13.7. The van der Waals surface area contributed by atoms with Crippen molar-refractivity contribution < 1.29 is 13.9 Å². The highest BCUT2D eigenvalue weighted by atomic mass is 32.2. The van der Waals surface area contributed by atoms with E-state index in [0.717, 1.165) is 48.0 Å². The number of nitrogens with zero attached hydrogens (tertiary/aromatic N) is 6. The number of urea groups is 1. The number of carbonyl (C=O) groups excluding carboxylic acids is 1. The van der Waals surface area contributed by atoms with Gasteiger partial charge in [-0.05, 0) is 54.2 Å². The average Bonchev–Trinajstić information content (AvgIpc) is 3.52. The SMILES string of the molecule is O=C(NCCN1CCOCC1)Nc1nc2ccc(Sc3nnc4ccc(-c5cccc(F)c5)nn34)cc2s1. The number of nitrogens with one attached hydrogen (secondary N) is 2. The van der Waals surface area contributed by atoms with Crippen LogP contribution in [0.5, 0.6) is 0 Å². The summed E-state index contributed by atoms with van der Waals surface area (Å²) in [7, 11) is 0.